The molecule has 0 radical (unpaired) electrons. The summed E-state index contributed by atoms with van der Waals surface area (Å²) in [5.74, 6) is 5.30. The third-order valence-corrected chi connectivity index (χ3v) is 9.62. The minimum atomic E-state index is -0.386. The number of allylic oxidation sites excluding steroid dienone is 1. The molecular formula is C22H35BrO. The summed E-state index contributed by atoms with van der Waals surface area (Å²) in [6.45, 7) is 9.07. The van der Waals surface area contributed by atoms with Gasteiger partial charge in [-0.05, 0) is 106 Å². The van der Waals surface area contributed by atoms with Crippen LogP contribution in [0.1, 0.15) is 71.6 Å². The fourth-order valence-electron chi connectivity index (χ4n) is 7.85. The van der Waals surface area contributed by atoms with E-state index in [1.54, 1.807) is 0 Å². The van der Waals surface area contributed by atoms with Gasteiger partial charge in [0.15, 0.2) is 0 Å². The molecule has 24 heavy (non-hydrogen) atoms. The van der Waals surface area contributed by atoms with E-state index < -0.39 is 0 Å². The van der Waals surface area contributed by atoms with Crippen LogP contribution in [0.25, 0.3) is 0 Å². The molecule has 136 valence electrons. The molecule has 2 heteroatoms. The highest BCUT2D eigenvalue weighted by atomic mass is 79.9. The van der Waals surface area contributed by atoms with Crippen molar-refractivity contribution in [3.63, 3.8) is 0 Å². The van der Waals surface area contributed by atoms with Crippen LogP contribution in [0.5, 0.6) is 0 Å². The molecule has 1 nitrogen and oxygen atoms in total. The molecule has 4 rings (SSSR count). The Labute approximate surface area is 156 Å². The van der Waals surface area contributed by atoms with E-state index in [2.05, 4.69) is 36.4 Å². The van der Waals surface area contributed by atoms with Crippen molar-refractivity contribution in [3.05, 3.63) is 12.2 Å². The molecule has 0 spiro atoms. The molecule has 0 amide bonds. The maximum absolute atomic E-state index is 10.5. The van der Waals surface area contributed by atoms with E-state index in [0.29, 0.717) is 5.41 Å². The van der Waals surface area contributed by atoms with Crippen molar-refractivity contribution < 1.29 is 5.11 Å². The van der Waals surface area contributed by atoms with Crippen molar-refractivity contribution in [1.29, 1.82) is 0 Å². The van der Waals surface area contributed by atoms with Gasteiger partial charge >= 0.3 is 0 Å². The third-order valence-electron chi connectivity index (χ3n) is 8.90. The van der Waals surface area contributed by atoms with Gasteiger partial charge in [0.1, 0.15) is 0 Å². The lowest BCUT2D eigenvalue weighted by Crippen LogP contribution is -2.50. The lowest BCUT2D eigenvalue weighted by atomic mass is 9.49. The van der Waals surface area contributed by atoms with Crippen LogP contribution in [0, 0.1) is 40.9 Å². The van der Waals surface area contributed by atoms with Crippen LogP contribution in [-0.2, 0) is 0 Å². The predicted molar refractivity (Wildman–Crippen MR) is 104 cm³/mol. The monoisotopic (exact) mass is 394 g/mol. The summed E-state index contributed by atoms with van der Waals surface area (Å²) < 4.78 is 0. The van der Waals surface area contributed by atoms with Crippen molar-refractivity contribution in [1.82, 2.24) is 0 Å². The Morgan fingerprint density at radius 2 is 1.75 bits per heavy atom. The molecule has 0 bridgehead atoms. The average molecular weight is 395 g/mol. The van der Waals surface area contributed by atoms with E-state index in [1.165, 1.54) is 50.5 Å². The highest BCUT2D eigenvalue weighted by molar-refractivity contribution is 9.09. The van der Waals surface area contributed by atoms with Gasteiger partial charge in [0.2, 0.25) is 0 Å². The minimum absolute atomic E-state index is 0.386. The van der Waals surface area contributed by atoms with Crippen molar-refractivity contribution in [3.8, 4) is 0 Å². The normalized spacial score (nSPS) is 53.8. The molecule has 0 aromatic rings. The van der Waals surface area contributed by atoms with Crippen molar-refractivity contribution in [2.45, 2.75) is 77.2 Å². The third kappa shape index (κ3) is 2.66. The molecule has 0 aromatic carbocycles. The molecule has 4 aliphatic carbocycles. The lowest BCUT2D eigenvalue weighted by Gasteiger charge is -2.57. The summed E-state index contributed by atoms with van der Waals surface area (Å²) >= 11 is 3.67. The molecule has 8 unspecified atom stereocenters. The van der Waals surface area contributed by atoms with Crippen LogP contribution in [0.3, 0.4) is 0 Å². The maximum atomic E-state index is 10.5. The quantitative estimate of drug-likeness (QED) is 0.452. The van der Waals surface area contributed by atoms with Crippen molar-refractivity contribution in [2.24, 2.45) is 40.9 Å². The van der Waals surface area contributed by atoms with E-state index >= 15 is 0 Å². The van der Waals surface area contributed by atoms with Crippen LogP contribution in [0.15, 0.2) is 12.2 Å². The molecule has 0 aromatic heterocycles. The highest BCUT2D eigenvalue weighted by Crippen LogP contribution is 2.65. The summed E-state index contributed by atoms with van der Waals surface area (Å²) in [7, 11) is 0. The first-order valence-corrected chi connectivity index (χ1v) is 11.4. The number of fused-ring (bicyclic) bond motifs is 5. The number of hydrogen-bond acceptors (Lipinski definition) is 1. The van der Waals surface area contributed by atoms with Crippen molar-refractivity contribution >= 4 is 15.9 Å². The first-order valence-electron chi connectivity index (χ1n) is 10.3. The highest BCUT2D eigenvalue weighted by Gasteiger charge is 2.57. The second kappa shape index (κ2) is 6.12. The predicted octanol–water partition coefficient (Wildman–Crippen LogP) is 5.96. The molecule has 4 aliphatic rings. The molecule has 0 heterocycles. The number of hydrogen-bond donors (Lipinski definition) is 1. The van der Waals surface area contributed by atoms with Gasteiger partial charge in [0, 0.05) is 5.33 Å². The van der Waals surface area contributed by atoms with Crippen LogP contribution in [0.2, 0.25) is 0 Å². The summed E-state index contributed by atoms with van der Waals surface area (Å²) in [6, 6.07) is 0. The largest absolute Gasteiger partial charge is 0.390 e. The van der Waals surface area contributed by atoms with E-state index in [1.807, 2.05) is 0 Å². The smallest absolute Gasteiger partial charge is 0.0622 e. The first-order chi connectivity index (χ1) is 11.4. The molecular weight excluding hydrogens is 360 g/mol. The Morgan fingerprint density at radius 3 is 2.50 bits per heavy atom. The fourth-order valence-corrected chi connectivity index (χ4v) is 8.24. The lowest BCUT2D eigenvalue weighted by molar-refractivity contribution is -0.0977. The van der Waals surface area contributed by atoms with Gasteiger partial charge in [-0.15, -0.1) is 0 Å². The van der Waals surface area contributed by atoms with Crippen LogP contribution >= 0.6 is 15.9 Å². The van der Waals surface area contributed by atoms with Gasteiger partial charge in [-0.25, -0.2) is 0 Å². The number of aliphatic hydroxyl groups is 1. The Balaban J connectivity index is 1.54. The number of halogens is 1. The van der Waals surface area contributed by atoms with Crippen LogP contribution in [0.4, 0.5) is 0 Å². The second-order valence-electron chi connectivity index (χ2n) is 10.1. The van der Waals surface area contributed by atoms with Gasteiger partial charge < -0.3 is 5.11 Å². The molecule has 4 saturated carbocycles. The summed E-state index contributed by atoms with van der Waals surface area (Å²) in [6.07, 6.45) is 11.8. The first kappa shape index (κ1) is 17.6. The average Bonchev–Trinajstić information content (AvgIpc) is 2.90. The zero-order valence-electron chi connectivity index (χ0n) is 15.6. The SMILES string of the molecule is C=C(CBr)C1CCC2C3CCC4CC(C)(O)CCC4C3CCC12C. The standard InChI is InChI=1S/C22H35BrO/c1-14(13-23)19-6-7-20-18-5-4-15-12-21(2,24)10-8-16(15)17(18)9-11-22(19,20)3/h15-20,24H,1,4-13H2,2-3H3. The van der Waals surface area contributed by atoms with E-state index in [9.17, 15) is 5.11 Å². The van der Waals surface area contributed by atoms with Gasteiger partial charge in [-0.3, -0.25) is 0 Å². The molecule has 1 N–H and O–H groups in total. The zero-order chi connectivity index (χ0) is 17.1. The van der Waals surface area contributed by atoms with Gasteiger partial charge in [0.05, 0.1) is 5.60 Å². The van der Waals surface area contributed by atoms with Gasteiger partial charge in [-0.2, -0.15) is 0 Å². The minimum Gasteiger partial charge on any atom is -0.390 e. The number of rotatable bonds is 2. The topological polar surface area (TPSA) is 20.2 Å². The van der Waals surface area contributed by atoms with Crippen molar-refractivity contribution in [2.75, 3.05) is 5.33 Å². The van der Waals surface area contributed by atoms with Gasteiger partial charge in [-0.1, -0.05) is 35.0 Å². The maximum Gasteiger partial charge on any atom is 0.0622 e. The Bertz CT molecular complexity index is 512. The summed E-state index contributed by atoms with van der Waals surface area (Å²) in [5.41, 5.74) is 1.57. The van der Waals surface area contributed by atoms with Crippen LogP contribution in [-0.4, -0.2) is 16.0 Å². The fraction of sp³-hybridized carbons (Fsp3) is 0.909. The Kier molecular flexibility index (Phi) is 4.48. The Hall–Kier alpha value is 0.180. The summed E-state index contributed by atoms with van der Waals surface area (Å²) in [5, 5.41) is 11.5. The van der Waals surface area contributed by atoms with E-state index in [0.717, 1.165) is 53.7 Å². The van der Waals surface area contributed by atoms with E-state index in [-0.39, 0.29) is 5.60 Å². The molecule has 0 saturated heterocycles. The second-order valence-corrected chi connectivity index (χ2v) is 10.7. The van der Waals surface area contributed by atoms with E-state index in [4.69, 9.17) is 0 Å². The van der Waals surface area contributed by atoms with Gasteiger partial charge in [0.25, 0.3) is 0 Å². The summed E-state index contributed by atoms with van der Waals surface area (Å²) in [4.78, 5) is 0. The Morgan fingerprint density at radius 1 is 1.00 bits per heavy atom. The zero-order valence-corrected chi connectivity index (χ0v) is 17.2. The molecule has 8 atom stereocenters. The molecule has 4 fully saturated rings. The van der Waals surface area contributed by atoms with Crippen LogP contribution < -0.4 is 0 Å². The molecule has 0 aliphatic heterocycles. The number of alkyl halides is 1.